The van der Waals surface area contributed by atoms with Crippen LogP contribution >= 0.6 is 11.8 Å². The minimum atomic E-state index is 0.280. The van der Waals surface area contributed by atoms with E-state index in [9.17, 15) is 0 Å². The third kappa shape index (κ3) is 2.59. The molecule has 0 radical (unpaired) electrons. The summed E-state index contributed by atoms with van der Waals surface area (Å²) in [5.41, 5.74) is 5.87. The number of aromatic nitrogens is 2. The number of anilines is 1. The summed E-state index contributed by atoms with van der Waals surface area (Å²) >= 11 is 2.00. The lowest BCUT2D eigenvalue weighted by molar-refractivity contribution is 0.744. The van der Waals surface area contributed by atoms with Crippen LogP contribution in [0.1, 0.15) is 58.9 Å². The van der Waals surface area contributed by atoms with Crippen LogP contribution in [0.5, 0.6) is 0 Å². The van der Waals surface area contributed by atoms with Crippen molar-refractivity contribution in [1.82, 2.24) is 9.78 Å². The van der Waals surface area contributed by atoms with Crippen molar-refractivity contribution in [3.05, 3.63) is 46.1 Å². The number of thioether (sulfide) groups is 1. The van der Waals surface area contributed by atoms with Crippen LogP contribution < -0.4 is 5.32 Å². The van der Waals surface area contributed by atoms with Crippen molar-refractivity contribution in [3.63, 3.8) is 0 Å². The molecule has 4 nitrogen and oxygen atoms in total. The van der Waals surface area contributed by atoms with Gasteiger partial charge in [-0.15, -0.1) is 11.8 Å². The van der Waals surface area contributed by atoms with E-state index in [0.29, 0.717) is 11.2 Å². The van der Waals surface area contributed by atoms with Crippen molar-refractivity contribution in [2.45, 2.75) is 43.1 Å². The summed E-state index contributed by atoms with van der Waals surface area (Å²) in [6.45, 7) is 5.35. The van der Waals surface area contributed by atoms with Gasteiger partial charge in [-0.1, -0.05) is 13.0 Å². The van der Waals surface area contributed by atoms with E-state index in [1.807, 2.05) is 35.6 Å². The average Bonchev–Trinajstić information content (AvgIpc) is 3.36. The van der Waals surface area contributed by atoms with Crippen LogP contribution in [0.3, 0.4) is 0 Å². The van der Waals surface area contributed by atoms with Gasteiger partial charge in [-0.05, 0) is 43.0 Å². The Bertz CT molecular complexity index is 829. The molecule has 2 atom stereocenters. The van der Waals surface area contributed by atoms with Crippen molar-refractivity contribution in [2.24, 2.45) is 7.05 Å². The van der Waals surface area contributed by atoms with Gasteiger partial charge in [0.1, 0.15) is 5.82 Å². The summed E-state index contributed by atoms with van der Waals surface area (Å²) in [6.07, 6.45) is 2.51. The second-order valence-corrected chi connectivity index (χ2v) is 8.48. The van der Waals surface area contributed by atoms with E-state index in [2.05, 4.69) is 31.3 Å². The quantitative estimate of drug-likeness (QED) is 0.895. The number of nitrogens with one attached hydrogen (secondary N) is 1. The first-order valence-corrected chi connectivity index (χ1v) is 9.49. The Hall–Kier alpha value is -1.93. The number of nitrogens with zero attached hydrogens (tertiary/aromatic N) is 3. The number of benzene rings is 1. The molecule has 4 rings (SSSR count). The van der Waals surface area contributed by atoms with Gasteiger partial charge in [0, 0.05) is 30.3 Å². The molecule has 0 amide bonds. The number of aryl methyl sites for hydroxylation is 2. The normalized spacial score (nSPS) is 23.1. The number of hydrogen-bond acceptors (Lipinski definition) is 4. The van der Waals surface area contributed by atoms with Crippen LogP contribution in [0.4, 0.5) is 5.82 Å². The molecule has 0 bridgehead atoms. The van der Waals surface area contributed by atoms with Crippen LogP contribution in [0.25, 0.3) is 0 Å². The molecule has 1 fully saturated rings. The van der Waals surface area contributed by atoms with Crippen LogP contribution in [0, 0.1) is 18.3 Å². The molecule has 0 saturated heterocycles. The molecule has 1 aliphatic carbocycles. The molecule has 1 aromatic carbocycles. The Labute approximate surface area is 147 Å². The Morgan fingerprint density at radius 1 is 1.38 bits per heavy atom. The summed E-state index contributed by atoms with van der Waals surface area (Å²) < 4.78 is 2.02. The SMILES string of the molecule is Cc1cc(C#N)ccc1[C@@H]1S[C@H](C)CNc2c1c(C1CC1)nn2C. The molecule has 124 valence electrons. The fourth-order valence-electron chi connectivity index (χ4n) is 3.54. The first-order chi connectivity index (χ1) is 11.6. The predicted octanol–water partition coefficient (Wildman–Crippen LogP) is 4.11. The summed E-state index contributed by atoms with van der Waals surface area (Å²) in [7, 11) is 2.04. The highest BCUT2D eigenvalue weighted by Crippen LogP contribution is 2.51. The third-order valence-electron chi connectivity index (χ3n) is 4.95. The summed E-state index contributed by atoms with van der Waals surface area (Å²) in [5, 5.41) is 18.4. The highest BCUT2D eigenvalue weighted by Gasteiger charge is 2.37. The lowest BCUT2D eigenvalue weighted by Crippen LogP contribution is -2.13. The third-order valence-corrected chi connectivity index (χ3v) is 6.34. The van der Waals surface area contributed by atoms with Crippen LogP contribution in [0.15, 0.2) is 18.2 Å². The van der Waals surface area contributed by atoms with Crippen molar-refractivity contribution >= 4 is 17.6 Å². The van der Waals surface area contributed by atoms with Gasteiger partial charge in [-0.2, -0.15) is 10.4 Å². The molecule has 1 aromatic heterocycles. The number of nitriles is 1. The maximum atomic E-state index is 9.16. The molecule has 1 saturated carbocycles. The van der Waals surface area contributed by atoms with Gasteiger partial charge < -0.3 is 5.32 Å². The van der Waals surface area contributed by atoms with E-state index in [1.165, 1.54) is 41.0 Å². The Morgan fingerprint density at radius 2 is 2.17 bits per heavy atom. The molecule has 0 unspecified atom stereocenters. The zero-order valence-electron chi connectivity index (χ0n) is 14.3. The van der Waals surface area contributed by atoms with E-state index in [4.69, 9.17) is 10.4 Å². The maximum absolute atomic E-state index is 9.16. The lowest BCUT2D eigenvalue weighted by atomic mass is 9.97. The zero-order chi connectivity index (χ0) is 16.8. The minimum absolute atomic E-state index is 0.280. The Kier molecular flexibility index (Phi) is 3.80. The topological polar surface area (TPSA) is 53.6 Å². The van der Waals surface area contributed by atoms with E-state index in [0.717, 1.165) is 12.1 Å². The van der Waals surface area contributed by atoms with Gasteiger partial charge in [0.05, 0.1) is 22.6 Å². The largest absolute Gasteiger partial charge is 0.369 e. The van der Waals surface area contributed by atoms with Gasteiger partial charge in [0.2, 0.25) is 0 Å². The van der Waals surface area contributed by atoms with E-state index in [-0.39, 0.29) is 5.25 Å². The Balaban J connectivity index is 1.87. The van der Waals surface area contributed by atoms with Gasteiger partial charge in [0.15, 0.2) is 0 Å². The molecule has 0 spiro atoms. The second kappa shape index (κ2) is 5.86. The maximum Gasteiger partial charge on any atom is 0.128 e. The number of fused-ring (bicyclic) bond motifs is 1. The molecule has 24 heavy (non-hydrogen) atoms. The van der Waals surface area contributed by atoms with Crippen molar-refractivity contribution in [3.8, 4) is 6.07 Å². The van der Waals surface area contributed by atoms with E-state index < -0.39 is 0 Å². The summed E-state index contributed by atoms with van der Waals surface area (Å²) in [6, 6.07) is 8.33. The molecule has 1 aliphatic heterocycles. The van der Waals surface area contributed by atoms with Gasteiger partial charge in [-0.3, -0.25) is 4.68 Å². The fraction of sp³-hybridized carbons (Fsp3) is 0.474. The lowest BCUT2D eigenvalue weighted by Gasteiger charge is -2.20. The highest BCUT2D eigenvalue weighted by atomic mass is 32.2. The second-order valence-electron chi connectivity index (χ2n) is 6.94. The summed E-state index contributed by atoms with van der Waals surface area (Å²) in [5.74, 6) is 1.79. The number of rotatable bonds is 2. The standard InChI is InChI=1S/C19H22N4S/c1-11-8-13(9-20)4-7-15(11)18-16-17(14-5-6-14)22-23(3)19(16)21-10-12(2)24-18/h4,7-8,12,14,18,21H,5-6,10H2,1-3H3/t12-,18+/m1/s1. The van der Waals surface area contributed by atoms with Crippen molar-refractivity contribution < 1.29 is 0 Å². The van der Waals surface area contributed by atoms with E-state index in [1.54, 1.807) is 0 Å². The van der Waals surface area contributed by atoms with Crippen LogP contribution in [-0.4, -0.2) is 21.6 Å². The van der Waals surface area contributed by atoms with Crippen molar-refractivity contribution in [2.75, 3.05) is 11.9 Å². The zero-order valence-corrected chi connectivity index (χ0v) is 15.2. The van der Waals surface area contributed by atoms with Crippen LogP contribution in [-0.2, 0) is 7.05 Å². The predicted molar refractivity (Wildman–Crippen MR) is 98.5 cm³/mol. The highest BCUT2D eigenvalue weighted by molar-refractivity contribution is 8.00. The Morgan fingerprint density at radius 3 is 2.83 bits per heavy atom. The minimum Gasteiger partial charge on any atom is -0.369 e. The molecule has 2 heterocycles. The summed E-state index contributed by atoms with van der Waals surface area (Å²) in [4.78, 5) is 0. The molecule has 2 aromatic rings. The first kappa shape index (κ1) is 15.6. The fourth-order valence-corrected chi connectivity index (χ4v) is 4.97. The molecular weight excluding hydrogens is 316 g/mol. The van der Waals surface area contributed by atoms with Gasteiger partial charge >= 0.3 is 0 Å². The molecule has 1 N–H and O–H groups in total. The van der Waals surface area contributed by atoms with Gasteiger partial charge in [0.25, 0.3) is 0 Å². The smallest absolute Gasteiger partial charge is 0.128 e. The first-order valence-electron chi connectivity index (χ1n) is 8.55. The average molecular weight is 338 g/mol. The molecular formula is C19H22N4S. The van der Waals surface area contributed by atoms with E-state index >= 15 is 0 Å². The molecule has 5 heteroatoms. The monoisotopic (exact) mass is 338 g/mol. The van der Waals surface area contributed by atoms with Crippen LogP contribution in [0.2, 0.25) is 0 Å². The van der Waals surface area contributed by atoms with Gasteiger partial charge in [-0.25, -0.2) is 0 Å². The number of hydrogen-bond donors (Lipinski definition) is 1. The molecule has 2 aliphatic rings. The van der Waals surface area contributed by atoms with Crippen molar-refractivity contribution in [1.29, 1.82) is 5.26 Å².